The van der Waals surface area contributed by atoms with Crippen LogP contribution >= 0.6 is 11.8 Å². The van der Waals surface area contributed by atoms with Gasteiger partial charge >= 0.3 is 0 Å². The van der Waals surface area contributed by atoms with Gasteiger partial charge in [0.1, 0.15) is 11.5 Å². The number of thioether (sulfide) groups is 1. The zero-order chi connectivity index (χ0) is 12.3. The molecule has 90 valence electrons. The molecule has 2 aromatic rings. The molecule has 0 saturated carbocycles. The SMILES string of the molecule is COc1cc(OC)cc(-c2nnc(SC)o2)c1. The standard InChI is InChI=1S/C11H12N2O3S/c1-14-8-4-7(5-9(6-8)15-2)10-12-13-11(16-10)17-3/h4-6H,1-3H3. The lowest BCUT2D eigenvalue weighted by molar-refractivity contribution is 0.394. The third-order valence-electron chi connectivity index (χ3n) is 2.18. The first-order chi connectivity index (χ1) is 8.26. The molecule has 0 bridgehead atoms. The Labute approximate surface area is 103 Å². The molecular formula is C11H12N2O3S. The number of rotatable bonds is 4. The highest BCUT2D eigenvalue weighted by Gasteiger charge is 2.10. The Morgan fingerprint density at radius 2 is 1.71 bits per heavy atom. The smallest absolute Gasteiger partial charge is 0.276 e. The van der Waals surface area contributed by atoms with E-state index in [4.69, 9.17) is 13.9 Å². The number of hydrogen-bond donors (Lipinski definition) is 0. The van der Waals surface area contributed by atoms with Crippen molar-refractivity contribution in [3.05, 3.63) is 18.2 Å². The van der Waals surface area contributed by atoms with Gasteiger partial charge in [0.2, 0.25) is 5.89 Å². The van der Waals surface area contributed by atoms with Crippen LogP contribution in [0.2, 0.25) is 0 Å². The molecule has 1 aromatic carbocycles. The Hall–Kier alpha value is -1.69. The first-order valence-electron chi connectivity index (χ1n) is 4.87. The third-order valence-corrected chi connectivity index (χ3v) is 2.69. The van der Waals surface area contributed by atoms with E-state index in [9.17, 15) is 0 Å². The predicted octanol–water partition coefficient (Wildman–Crippen LogP) is 2.48. The number of ether oxygens (including phenoxy) is 2. The molecule has 0 spiro atoms. The number of benzene rings is 1. The van der Waals surface area contributed by atoms with E-state index in [-0.39, 0.29) is 0 Å². The highest BCUT2D eigenvalue weighted by molar-refractivity contribution is 7.98. The molecule has 0 aliphatic carbocycles. The van der Waals surface area contributed by atoms with Crippen LogP contribution in [0.3, 0.4) is 0 Å². The van der Waals surface area contributed by atoms with Gasteiger partial charge in [-0.1, -0.05) is 11.8 Å². The minimum atomic E-state index is 0.451. The van der Waals surface area contributed by atoms with Crippen LogP contribution in [0.25, 0.3) is 11.5 Å². The fourth-order valence-electron chi connectivity index (χ4n) is 1.34. The van der Waals surface area contributed by atoms with Crippen LogP contribution in [0.5, 0.6) is 11.5 Å². The molecule has 1 aromatic heterocycles. The second-order valence-electron chi connectivity index (χ2n) is 3.18. The molecule has 0 aliphatic heterocycles. The zero-order valence-electron chi connectivity index (χ0n) is 9.76. The van der Waals surface area contributed by atoms with Crippen molar-refractivity contribution in [1.82, 2.24) is 10.2 Å². The van der Waals surface area contributed by atoms with Gasteiger partial charge in [0, 0.05) is 11.6 Å². The summed E-state index contributed by atoms with van der Waals surface area (Å²) in [6, 6.07) is 5.43. The molecular weight excluding hydrogens is 240 g/mol. The molecule has 2 rings (SSSR count). The summed E-state index contributed by atoms with van der Waals surface area (Å²) in [5.74, 6) is 1.82. The van der Waals surface area contributed by atoms with E-state index in [2.05, 4.69) is 10.2 Å². The van der Waals surface area contributed by atoms with Crippen molar-refractivity contribution < 1.29 is 13.9 Å². The van der Waals surface area contributed by atoms with Gasteiger partial charge in [0.15, 0.2) is 0 Å². The normalized spacial score (nSPS) is 10.3. The lowest BCUT2D eigenvalue weighted by atomic mass is 10.2. The van der Waals surface area contributed by atoms with Gasteiger partial charge < -0.3 is 13.9 Å². The first kappa shape index (κ1) is 11.8. The van der Waals surface area contributed by atoms with E-state index in [1.54, 1.807) is 20.3 Å². The van der Waals surface area contributed by atoms with Gasteiger partial charge in [-0.05, 0) is 18.4 Å². The summed E-state index contributed by atoms with van der Waals surface area (Å²) in [5.41, 5.74) is 0.772. The first-order valence-corrected chi connectivity index (χ1v) is 6.10. The lowest BCUT2D eigenvalue weighted by Crippen LogP contribution is -1.88. The summed E-state index contributed by atoms with van der Waals surface area (Å²) in [4.78, 5) is 0. The van der Waals surface area contributed by atoms with Crippen LogP contribution in [0, 0.1) is 0 Å². The van der Waals surface area contributed by atoms with Crippen molar-refractivity contribution in [2.75, 3.05) is 20.5 Å². The largest absolute Gasteiger partial charge is 0.497 e. The summed E-state index contributed by atoms with van der Waals surface area (Å²) in [5, 5.41) is 8.38. The molecule has 1 heterocycles. The van der Waals surface area contributed by atoms with E-state index in [0.29, 0.717) is 22.6 Å². The zero-order valence-corrected chi connectivity index (χ0v) is 10.6. The van der Waals surface area contributed by atoms with Gasteiger partial charge in [-0.25, -0.2) is 0 Å². The minimum absolute atomic E-state index is 0.451. The average Bonchev–Trinajstić information content (AvgIpc) is 2.86. The number of aromatic nitrogens is 2. The highest BCUT2D eigenvalue weighted by Crippen LogP contribution is 2.29. The quantitative estimate of drug-likeness (QED) is 0.779. The third kappa shape index (κ3) is 2.52. The van der Waals surface area contributed by atoms with Gasteiger partial charge in [-0.2, -0.15) is 0 Å². The van der Waals surface area contributed by atoms with Gasteiger partial charge in [-0.15, -0.1) is 10.2 Å². The molecule has 0 unspecified atom stereocenters. The van der Waals surface area contributed by atoms with Crippen LogP contribution in [-0.2, 0) is 0 Å². The Kier molecular flexibility index (Phi) is 3.53. The fourth-order valence-corrected chi connectivity index (χ4v) is 1.62. The van der Waals surface area contributed by atoms with Crippen molar-refractivity contribution >= 4 is 11.8 Å². The van der Waals surface area contributed by atoms with E-state index < -0.39 is 0 Å². The monoisotopic (exact) mass is 252 g/mol. The number of nitrogens with zero attached hydrogens (tertiary/aromatic N) is 2. The molecule has 0 aliphatic rings. The summed E-state index contributed by atoms with van der Waals surface area (Å²) in [7, 11) is 3.19. The maximum absolute atomic E-state index is 5.45. The van der Waals surface area contributed by atoms with Gasteiger partial charge in [-0.3, -0.25) is 0 Å². The Morgan fingerprint density at radius 1 is 1.06 bits per heavy atom. The summed E-state index contributed by atoms with van der Waals surface area (Å²) >= 11 is 1.40. The van der Waals surface area contributed by atoms with Crippen molar-refractivity contribution in [3.63, 3.8) is 0 Å². The second kappa shape index (κ2) is 5.09. The maximum Gasteiger partial charge on any atom is 0.276 e. The Morgan fingerprint density at radius 3 is 2.18 bits per heavy atom. The van der Waals surface area contributed by atoms with E-state index in [1.165, 1.54) is 11.8 Å². The summed E-state index contributed by atoms with van der Waals surface area (Å²) in [6.07, 6.45) is 1.88. The van der Waals surface area contributed by atoms with Crippen molar-refractivity contribution in [2.45, 2.75) is 5.22 Å². The molecule has 5 nitrogen and oxygen atoms in total. The molecule has 17 heavy (non-hydrogen) atoms. The second-order valence-corrected chi connectivity index (χ2v) is 3.94. The van der Waals surface area contributed by atoms with Crippen molar-refractivity contribution in [2.24, 2.45) is 0 Å². The molecule has 0 fully saturated rings. The van der Waals surface area contributed by atoms with Crippen LogP contribution < -0.4 is 9.47 Å². The van der Waals surface area contributed by atoms with Crippen LogP contribution in [0.1, 0.15) is 0 Å². The molecule has 0 radical (unpaired) electrons. The van der Waals surface area contributed by atoms with Crippen LogP contribution in [0.15, 0.2) is 27.8 Å². The predicted molar refractivity (Wildman–Crippen MR) is 64.6 cm³/mol. The highest BCUT2D eigenvalue weighted by atomic mass is 32.2. The van der Waals surface area contributed by atoms with Gasteiger partial charge in [0.05, 0.1) is 14.2 Å². The van der Waals surface area contributed by atoms with E-state index >= 15 is 0 Å². The molecule has 0 N–H and O–H groups in total. The summed E-state index contributed by atoms with van der Waals surface area (Å²) in [6.45, 7) is 0. The fraction of sp³-hybridized carbons (Fsp3) is 0.273. The topological polar surface area (TPSA) is 57.4 Å². The van der Waals surface area contributed by atoms with Crippen LogP contribution in [0.4, 0.5) is 0 Å². The number of hydrogen-bond acceptors (Lipinski definition) is 6. The van der Waals surface area contributed by atoms with E-state index in [1.807, 2.05) is 18.4 Å². The Balaban J connectivity index is 2.43. The molecule has 0 atom stereocenters. The van der Waals surface area contributed by atoms with Crippen molar-refractivity contribution in [3.8, 4) is 23.0 Å². The molecule has 6 heteroatoms. The number of methoxy groups -OCH3 is 2. The molecule has 0 amide bonds. The molecule has 0 saturated heterocycles. The maximum atomic E-state index is 5.45. The summed E-state index contributed by atoms with van der Waals surface area (Å²) < 4.78 is 15.8. The Bertz CT molecular complexity index is 491. The minimum Gasteiger partial charge on any atom is -0.497 e. The lowest BCUT2D eigenvalue weighted by Gasteiger charge is -2.05. The van der Waals surface area contributed by atoms with E-state index in [0.717, 1.165) is 5.56 Å². The van der Waals surface area contributed by atoms with Crippen molar-refractivity contribution in [1.29, 1.82) is 0 Å². The van der Waals surface area contributed by atoms with Crippen LogP contribution in [-0.4, -0.2) is 30.7 Å². The average molecular weight is 252 g/mol. The van der Waals surface area contributed by atoms with Gasteiger partial charge in [0.25, 0.3) is 5.22 Å².